The first-order valence-electron chi connectivity index (χ1n) is 5.17. The van der Waals surface area contributed by atoms with E-state index >= 15 is 0 Å². The highest BCUT2D eigenvalue weighted by molar-refractivity contribution is 6.38. The van der Waals surface area contributed by atoms with Gasteiger partial charge in [0.15, 0.2) is 0 Å². The average Bonchev–Trinajstić information content (AvgIpc) is 2.35. The van der Waals surface area contributed by atoms with Gasteiger partial charge in [-0.15, -0.1) is 0 Å². The van der Waals surface area contributed by atoms with Crippen molar-refractivity contribution >= 4 is 69.4 Å². The van der Waals surface area contributed by atoms with Crippen molar-refractivity contribution < 1.29 is 9.85 Å². The maximum Gasteiger partial charge on any atom is 0.370 e. The van der Waals surface area contributed by atoms with Crippen LogP contribution in [0.15, 0.2) is 4.79 Å². The Morgan fingerprint density at radius 2 is 1.21 bits per heavy atom. The van der Waals surface area contributed by atoms with Crippen LogP contribution in [0.5, 0.6) is 0 Å². The lowest BCUT2D eigenvalue weighted by molar-refractivity contribution is -0.386. The number of halogens is 5. The fraction of sp³-hybridized carbons (Fsp3) is 0. The van der Waals surface area contributed by atoms with Gasteiger partial charge in [0.05, 0.1) is 9.85 Å². The standard InChI is InChI=1S/C4Cl3N3O2.C4HCl2N3O3/c5-2-1(10(11)12)3(6)9-4(7)8-2;5-2-1(9(11)12)3(10)8-4(6)7-2/h;(H,7,8,10). The molecule has 0 aliphatic rings. The van der Waals surface area contributed by atoms with Gasteiger partial charge in [0, 0.05) is 0 Å². The normalized spacial score (nSPS) is 9.88. The number of rotatable bonds is 2. The maximum absolute atomic E-state index is 10.8. The molecule has 0 bridgehead atoms. The maximum atomic E-state index is 10.8. The van der Waals surface area contributed by atoms with E-state index in [9.17, 15) is 25.0 Å². The van der Waals surface area contributed by atoms with Gasteiger partial charge in [0.1, 0.15) is 0 Å². The molecule has 2 aromatic rings. The van der Waals surface area contributed by atoms with Crippen LogP contribution in [0.4, 0.5) is 11.4 Å². The van der Waals surface area contributed by atoms with Crippen LogP contribution in [0.2, 0.25) is 26.0 Å². The summed E-state index contributed by atoms with van der Waals surface area (Å²) in [5.74, 6) is 0. The second-order valence-corrected chi connectivity index (χ2v) is 5.20. The topological polar surface area (TPSA) is 158 Å². The quantitative estimate of drug-likeness (QED) is 0.324. The molecule has 0 amide bonds. The van der Waals surface area contributed by atoms with Crippen LogP contribution in [0.3, 0.4) is 0 Å². The van der Waals surface area contributed by atoms with Crippen molar-refractivity contribution in [1.29, 1.82) is 0 Å². The fourth-order valence-corrected chi connectivity index (χ4v) is 2.33. The molecule has 0 atom stereocenters. The number of H-pyrrole nitrogens is 1. The second kappa shape index (κ2) is 8.35. The van der Waals surface area contributed by atoms with Crippen molar-refractivity contribution in [1.82, 2.24) is 19.9 Å². The van der Waals surface area contributed by atoms with Crippen LogP contribution in [0.25, 0.3) is 0 Å². The van der Waals surface area contributed by atoms with Crippen LogP contribution in [0, 0.1) is 20.2 Å². The van der Waals surface area contributed by atoms with E-state index < -0.39 is 31.9 Å². The van der Waals surface area contributed by atoms with Crippen molar-refractivity contribution in [2.75, 3.05) is 0 Å². The summed E-state index contributed by atoms with van der Waals surface area (Å²) in [6.07, 6.45) is 0. The molecule has 0 unspecified atom stereocenters. The summed E-state index contributed by atoms with van der Waals surface area (Å²) in [6, 6.07) is 0. The number of nitrogens with zero attached hydrogens (tertiary/aromatic N) is 5. The summed E-state index contributed by atoms with van der Waals surface area (Å²) in [7, 11) is 0. The molecule has 2 rings (SSSR count). The molecule has 0 aliphatic heterocycles. The van der Waals surface area contributed by atoms with E-state index in [2.05, 4.69) is 15.0 Å². The van der Waals surface area contributed by atoms with Crippen LogP contribution >= 0.6 is 58.0 Å². The Bertz CT molecular complexity index is 850. The van der Waals surface area contributed by atoms with Gasteiger partial charge in [-0.2, -0.15) is 9.97 Å². The SMILES string of the molecule is O=[N+]([O-])c1c(Cl)nc(Cl)nc1Cl.O=c1[nH]c(Cl)nc(Cl)c1[N+](=O)[O-]. The van der Waals surface area contributed by atoms with Crippen molar-refractivity contribution in [2.24, 2.45) is 0 Å². The third-order valence-corrected chi connectivity index (χ3v) is 3.10. The number of nitrogens with one attached hydrogen (secondary N) is 1. The summed E-state index contributed by atoms with van der Waals surface area (Å²) >= 11 is 26.6. The smallest absolute Gasteiger partial charge is 0.291 e. The predicted molar refractivity (Wildman–Crippen MR) is 85.2 cm³/mol. The first-order valence-corrected chi connectivity index (χ1v) is 7.06. The molecule has 128 valence electrons. The Hall–Kier alpha value is -1.79. The van der Waals surface area contributed by atoms with Gasteiger partial charge in [0.25, 0.3) is 0 Å². The Labute approximate surface area is 155 Å². The minimum Gasteiger partial charge on any atom is -0.291 e. The van der Waals surface area contributed by atoms with Crippen LogP contribution in [-0.2, 0) is 0 Å². The van der Waals surface area contributed by atoms with E-state index in [1.807, 2.05) is 4.98 Å². The number of aromatic nitrogens is 4. The molecule has 1 N–H and O–H groups in total. The molecule has 0 fully saturated rings. The summed E-state index contributed by atoms with van der Waals surface area (Å²) in [6.45, 7) is 0. The van der Waals surface area contributed by atoms with E-state index in [1.54, 1.807) is 0 Å². The Morgan fingerprint density at radius 3 is 1.58 bits per heavy atom. The Morgan fingerprint density at radius 1 is 0.792 bits per heavy atom. The minimum absolute atomic E-state index is 0.226. The van der Waals surface area contributed by atoms with Gasteiger partial charge < -0.3 is 0 Å². The third-order valence-electron chi connectivity index (χ3n) is 1.96. The number of aromatic amines is 1. The van der Waals surface area contributed by atoms with E-state index in [0.29, 0.717) is 0 Å². The van der Waals surface area contributed by atoms with Gasteiger partial charge >= 0.3 is 16.9 Å². The Balaban J connectivity index is 0.000000240. The fourth-order valence-electron chi connectivity index (χ4n) is 1.10. The highest BCUT2D eigenvalue weighted by Gasteiger charge is 2.21. The zero-order chi connectivity index (χ0) is 18.6. The summed E-state index contributed by atoms with van der Waals surface area (Å²) < 4.78 is 0. The van der Waals surface area contributed by atoms with Gasteiger partial charge in [0.2, 0.25) is 26.0 Å². The third kappa shape index (κ3) is 5.11. The number of nitro groups is 2. The van der Waals surface area contributed by atoms with E-state index in [-0.39, 0.29) is 20.9 Å². The zero-order valence-electron chi connectivity index (χ0n) is 10.7. The molecule has 0 aromatic carbocycles. The van der Waals surface area contributed by atoms with Crippen molar-refractivity contribution in [3.8, 4) is 0 Å². The lowest BCUT2D eigenvalue weighted by atomic mass is 10.5. The van der Waals surface area contributed by atoms with Crippen LogP contribution in [0.1, 0.15) is 0 Å². The summed E-state index contributed by atoms with van der Waals surface area (Å²) in [5.41, 5.74) is -2.31. The predicted octanol–water partition coefficient (Wildman–Crippen LogP) is 3.33. The minimum atomic E-state index is -0.968. The largest absolute Gasteiger partial charge is 0.370 e. The monoisotopic (exact) mass is 436 g/mol. The molecule has 0 saturated carbocycles. The van der Waals surface area contributed by atoms with Crippen molar-refractivity contribution in [3.63, 3.8) is 0 Å². The average molecular weight is 438 g/mol. The lowest BCUT2D eigenvalue weighted by Gasteiger charge is -1.95. The second-order valence-electron chi connectivity index (χ2n) is 3.43. The van der Waals surface area contributed by atoms with E-state index in [1.165, 1.54) is 0 Å². The van der Waals surface area contributed by atoms with Crippen molar-refractivity contribution in [3.05, 3.63) is 56.6 Å². The molecule has 16 heteroatoms. The first kappa shape index (κ1) is 20.3. The molecule has 0 aliphatic carbocycles. The molecular weight excluding hydrogens is 437 g/mol. The van der Waals surface area contributed by atoms with E-state index in [0.717, 1.165) is 0 Å². The zero-order valence-corrected chi connectivity index (χ0v) is 14.4. The van der Waals surface area contributed by atoms with Crippen LogP contribution in [-0.4, -0.2) is 29.8 Å². The van der Waals surface area contributed by atoms with Crippen LogP contribution < -0.4 is 5.56 Å². The molecule has 2 aromatic heterocycles. The molecule has 24 heavy (non-hydrogen) atoms. The Kier molecular flexibility index (Phi) is 7.05. The molecule has 0 saturated heterocycles. The molecule has 11 nitrogen and oxygen atoms in total. The first-order chi connectivity index (χ1) is 11.0. The van der Waals surface area contributed by atoms with Gasteiger partial charge in [-0.1, -0.05) is 34.8 Å². The molecule has 0 radical (unpaired) electrons. The van der Waals surface area contributed by atoms with E-state index in [4.69, 9.17) is 58.0 Å². The molecular formula is C8HCl5N6O5. The number of hydrogen-bond donors (Lipinski definition) is 1. The highest BCUT2D eigenvalue weighted by atomic mass is 35.5. The summed E-state index contributed by atoms with van der Waals surface area (Å²) in [4.78, 5) is 41.5. The molecule has 0 spiro atoms. The van der Waals surface area contributed by atoms with Gasteiger partial charge in [-0.3, -0.25) is 30.0 Å². The summed E-state index contributed by atoms with van der Waals surface area (Å²) in [5, 5.41) is 18.7. The van der Waals surface area contributed by atoms with Gasteiger partial charge in [-0.05, 0) is 23.2 Å². The van der Waals surface area contributed by atoms with Crippen molar-refractivity contribution in [2.45, 2.75) is 0 Å². The highest BCUT2D eigenvalue weighted by Crippen LogP contribution is 2.29. The lowest BCUT2D eigenvalue weighted by Crippen LogP contribution is -2.13. The van der Waals surface area contributed by atoms with Gasteiger partial charge in [-0.25, -0.2) is 4.98 Å². The molecule has 2 heterocycles. The number of hydrogen-bond acceptors (Lipinski definition) is 8.